The van der Waals surface area contributed by atoms with Crippen molar-refractivity contribution in [2.24, 2.45) is 0 Å². The van der Waals surface area contributed by atoms with E-state index in [-0.39, 0.29) is 11.7 Å². The van der Waals surface area contributed by atoms with Crippen molar-refractivity contribution in [2.75, 3.05) is 26.2 Å². The number of hydrogen-bond donors (Lipinski definition) is 1. The van der Waals surface area contributed by atoms with E-state index in [9.17, 15) is 9.59 Å². The van der Waals surface area contributed by atoms with Crippen LogP contribution in [0.15, 0.2) is 35.7 Å². The molecule has 2 heterocycles. The SMILES string of the molecule is O=C(CCC(=O)N1CC[NH+](Cc2cccs2)CC1)c1ccc2c(c1)CCCC2. The number of quaternary nitrogens is 1. The monoisotopic (exact) mass is 397 g/mol. The number of Topliss-reactive ketones (excluding diaryl/α,β-unsaturated/α-hetero) is 1. The summed E-state index contributed by atoms with van der Waals surface area (Å²) in [6.45, 7) is 4.63. The second-order valence-corrected chi connectivity index (χ2v) is 9.03. The fourth-order valence-electron chi connectivity index (χ4n) is 4.34. The van der Waals surface area contributed by atoms with Gasteiger partial charge in [-0.25, -0.2) is 0 Å². The first-order chi connectivity index (χ1) is 13.7. The standard InChI is InChI=1S/C23H28N2O2S/c26-22(20-8-7-18-4-1-2-5-19(18)16-20)9-10-23(27)25-13-11-24(12-14-25)17-21-6-3-15-28-21/h3,6-8,15-16H,1-2,4-5,9-14,17H2/p+1. The number of rotatable bonds is 6. The van der Waals surface area contributed by atoms with Crippen molar-refractivity contribution in [1.82, 2.24) is 4.90 Å². The molecule has 2 aliphatic rings. The molecule has 5 heteroatoms. The van der Waals surface area contributed by atoms with Crippen LogP contribution in [-0.4, -0.2) is 42.8 Å². The van der Waals surface area contributed by atoms with Crippen LogP contribution >= 0.6 is 11.3 Å². The van der Waals surface area contributed by atoms with Crippen molar-refractivity contribution in [3.05, 3.63) is 57.3 Å². The highest BCUT2D eigenvalue weighted by atomic mass is 32.1. The van der Waals surface area contributed by atoms with Gasteiger partial charge in [-0.1, -0.05) is 18.2 Å². The van der Waals surface area contributed by atoms with Crippen LogP contribution in [0.2, 0.25) is 0 Å². The van der Waals surface area contributed by atoms with E-state index in [0.717, 1.165) is 51.1 Å². The first-order valence-corrected chi connectivity index (χ1v) is 11.4. The number of thiophene rings is 1. The molecule has 1 N–H and O–H groups in total. The molecule has 4 rings (SSSR count). The van der Waals surface area contributed by atoms with Gasteiger partial charge < -0.3 is 9.80 Å². The summed E-state index contributed by atoms with van der Waals surface area (Å²) in [7, 11) is 0. The fourth-order valence-corrected chi connectivity index (χ4v) is 5.12. The van der Waals surface area contributed by atoms with Crippen LogP contribution in [0.3, 0.4) is 0 Å². The third kappa shape index (κ3) is 4.70. The molecule has 1 saturated heterocycles. The number of hydrogen-bond acceptors (Lipinski definition) is 3. The van der Waals surface area contributed by atoms with Crippen molar-refractivity contribution < 1.29 is 14.5 Å². The number of carbonyl (C=O) groups excluding carboxylic acids is 2. The molecular weight excluding hydrogens is 368 g/mol. The molecule has 1 aromatic carbocycles. The Balaban J connectivity index is 1.24. The van der Waals surface area contributed by atoms with Crippen LogP contribution < -0.4 is 4.90 Å². The van der Waals surface area contributed by atoms with Crippen molar-refractivity contribution in [3.8, 4) is 0 Å². The van der Waals surface area contributed by atoms with Gasteiger partial charge in [0.25, 0.3) is 0 Å². The van der Waals surface area contributed by atoms with E-state index in [1.807, 2.05) is 11.0 Å². The fraction of sp³-hybridized carbons (Fsp3) is 0.478. The molecule has 1 aromatic heterocycles. The van der Waals surface area contributed by atoms with Gasteiger partial charge in [0.15, 0.2) is 5.78 Å². The Kier molecular flexibility index (Phi) is 6.23. The summed E-state index contributed by atoms with van der Waals surface area (Å²) in [6, 6.07) is 10.4. The Labute approximate surface area is 171 Å². The molecule has 2 aromatic rings. The van der Waals surface area contributed by atoms with Crippen molar-refractivity contribution in [2.45, 2.75) is 45.1 Å². The molecule has 148 valence electrons. The molecular formula is C23H29N2O2S+. The van der Waals surface area contributed by atoms with Gasteiger partial charge >= 0.3 is 0 Å². The molecule has 0 radical (unpaired) electrons. The summed E-state index contributed by atoms with van der Waals surface area (Å²) < 4.78 is 0. The molecule has 0 spiro atoms. The first-order valence-electron chi connectivity index (χ1n) is 10.5. The average Bonchev–Trinajstić information content (AvgIpc) is 3.25. The van der Waals surface area contributed by atoms with Crippen molar-refractivity contribution in [3.63, 3.8) is 0 Å². The summed E-state index contributed by atoms with van der Waals surface area (Å²) in [5, 5.41) is 2.12. The van der Waals surface area contributed by atoms with Crippen LogP contribution in [0.1, 0.15) is 52.0 Å². The number of carbonyl (C=O) groups is 2. The van der Waals surface area contributed by atoms with Crippen LogP contribution in [0, 0.1) is 0 Å². The zero-order valence-corrected chi connectivity index (χ0v) is 17.2. The third-order valence-electron chi connectivity index (χ3n) is 6.06. The third-order valence-corrected chi connectivity index (χ3v) is 6.94. The maximum atomic E-state index is 12.6. The number of fused-ring (bicyclic) bond motifs is 1. The van der Waals surface area contributed by atoms with Crippen LogP contribution in [0.4, 0.5) is 0 Å². The molecule has 0 atom stereocenters. The predicted molar refractivity (Wildman–Crippen MR) is 112 cm³/mol. The van der Waals surface area contributed by atoms with Gasteiger partial charge in [0.2, 0.25) is 5.91 Å². The van der Waals surface area contributed by atoms with Crippen LogP contribution in [0.5, 0.6) is 0 Å². The zero-order valence-electron chi connectivity index (χ0n) is 16.4. The molecule has 0 unspecified atom stereocenters. The lowest BCUT2D eigenvalue weighted by Crippen LogP contribution is -3.13. The Hall–Kier alpha value is -1.98. The van der Waals surface area contributed by atoms with Gasteiger partial charge in [-0.05, 0) is 54.3 Å². The molecule has 1 aliphatic heterocycles. The largest absolute Gasteiger partial charge is 0.331 e. The molecule has 1 amide bonds. The van der Waals surface area contributed by atoms with Gasteiger partial charge in [-0.15, -0.1) is 11.3 Å². The maximum Gasteiger partial charge on any atom is 0.223 e. The lowest BCUT2D eigenvalue weighted by Gasteiger charge is -2.32. The van der Waals surface area contributed by atoms with E-state index in [4.69, 9.17) is 0 Å². The van der Waals surface area contributed by atoms with Crippen LogP contribution in [-0.2, 0) is 24.2 Å². The highest BCUT2D eigenvalue weighted by molar-refractivity contribution is 7.09. The van der Waals surface area contributed by atoms with Crippen LogP contribution in [0.25, 0.3) is 0 Å². The minimum Gasteiger partial charge on any atom is -0.331 e. The Morgan fingerprint density at radius 1 is 1.00 bits per heavy atom. The summed E-state index contributed by atoms with van der Waals surface area (Å²) in [5.41, 5.74) is 3.49. The molecule has 1 fully saturated rings. The lowest BCUT2D eigenvalue weighted by molar-refractivity contribution is -0.917. The topological polar surface area (TPSA) is 41.8 Å². The van der Waals surface area contributed by atoms with E-state index >= 15 is 0 Å². The summed E-state index contributed by atoms with van der Waals surface area (Å²) >= 11 is 1.80. The smallest absolute Gasteiger partial charge is 0.223 e. The molecule has 0 bridgehead atoms. The number of aryl methyl sites for hydroxylation is 2. The van der Waals surface area contributed by atoms with E-state index in [1.54, 1.807) is 11.3 Å². The predicted octanol–water partition coefficient (Wildman–Crippen LogP) is 2.52. The van der Waals surface area contributed by atoms with Crippen molar-refractivity contribution in [1.29, 1.82) is 0 Å². The lowest BCUT2D eigenvalue weighted by atomic mass is 9.89. The Bertz CT molecular complexity index is 823. The summed E-state index contributed by atoms with van der Waals surface area (Å²) in [5.74, 6) is 0.227. The van der Waals surface area contributed by atoms with Gasteiger partial charge in [-0.2, -0.15) is 0 Å². The van der Waals surface area contributed by atoms with Gasteiger partial charge in [0.1, 0.15) is 6.54 Å². The normalized spacial score (nSPS) is 17.4. The number of ketones is 1. The highest BCUT2D eigenvalue weighted by Gasteiger charge is 2.24. The van der Waals surface area contributed by atoms with Gasteiger partial charge in [0.05, 0.1) is 31.1 Å². The van der Waals surface area contributed by atoms with E-state index in [1.165, 1.54) is 33.7 Å². The number of amides is 1. The zero-order chi connectivity index (χ0) is 19.3. The van der Waals surface area contributed by atoms with Gasteiger partial charge in [-0.3, -0.25) is 9.59 Å². The number of piperazine rings is 1. The number of nitrogens with zero attached hydrogens (tertiary/aromatic N) is 1. The molecule has 28 heavy (non-hydrogen) atoms. The second-order valence-electron chi connectivity index (χ2n) is 8.00. The second kappa shape index (κ2) is 9.01. The van der Waals surface area contributed by atoms with Crippen molar-refractivity contribution >= 4 is 23.0 Å². The molecule has 4 nitrogen and oxygen atoms in total. The number of nitrogens with one attached hydrogen (secondary N) is 1. The minimum atomic E-state index is 0.101. The van der Waals surface area contributed by atoms with E-state index < -0.39 is 0 Å². The first kappa shape index (κ1) is 19.3. The van der Waals surface area contributed by atoms with E-state index in [0.29, 0.717) is 12.8 Å². The molecule has 0 saturated carbocycles. The highest BCUT2D eigenvalue weighted by Crippen LogP contribution is 2.23. The van der Waals surface area contributed by atoms with Gasteiger partial charge in [0, 0.05) is 18.4 Å². The van der Waals surface area contributed by atoms with E-state index in [2.05, 4.69) is 29.6 Å². The quantitative estimate of drug-likeness (QED) is 0.761. The average molecular weight is 398 g/mol. The Morgan fingerprint density at radius 2 is 1.79 bits per heavy atom. The summed E-state index contributed by atoms with van der Waals surface area (Å²) in [4.78, 5) is 30.0. The number of benzene rings is 1. The Morgan fingerprint density at radius 3 is 2.54 bits per heavy atom. The summed E-state index contributed by atoms with van der Waals surface area (Å²) in [6.07, 6.45) is 5.31. The minimum absolute atomic E-state index is 0.101. The maximum absolute atomic E-state index is 12.6. The molecule has 1 aliphatic carbocycles.